The molecule has 0 aromatic heterocycles. The van der Waals surface area contributed by atoms with Crippen LogP contribution in [0.1, 0.15) is 71.4 Å². The van der Waals surface area contributed by atoms with Gasteiger partial charge in [0.15, 0.2) is 0 Å². The van der Waals surface area contributed by atoms with Crippen molar-refractivity contribution in [2.24, 2.45) is 17.8 Å². The van der Waals surface area contributed by atoms with Crippen LogP contribution in [-0.2, 0) is 4.79 Å². The first-order valence-electron chi connectivity index (χ1n) is 12.4. The van der Waals surface area contributed by atoms with Gasteiger partial charge in [0.2, 0.25) is 5.91 Å². The summed E-state index contributed by atoms with van der Waals surface area (Å²) in [6, 6.07) is 7.49. The molecule has 1 amide bonds. The molecule has 2 aliphatic heterocycles. The zero-order valence-electron chi connectivity index (χ0n) is 20.5. The van der Waals surface area contributed by atoms with Gasteiger partial charge in [0, 0.05) is 42.8 Å². The van der Waals surface area contributed by atoms with Crippen LogP contribution in [0.5, 0.6) is 0 Å². The third kappa shape index (κ3) is 3.82. The van der Waals surface area contributed by atoms with Crippen LogP contribution >= 0.6 is 0 Å². The summed E-state index contributed by atoms with van der Waals surface area (Å²) in [7, 11) is 2.21. The topological polar surface area (TPSA) is 35.6 Å². The highest BCUT2D eigenvalue weighted by Gasteiger charge is 2.42. The number of carbonyl (C=O) groups excluding carboxylic acids is 1. The van der Waals surface area contributed by atoms with Crippen LogP contribution in [0.25, 0.3) is 5.57 Å². The van der Waals surface area contributed by atoms with Crippen LogP contribution in [0.2, 0.25) is 0 Å². The Labute approximate surface area is 189 Å². The summed E-state index contributed by atoms with van der Waals surface area (Å²) in [5.74, 6) is 1.90. The highest BCUT2D eigenvalue weighted by Crippen LogP contribution is 2.48. The molecule has 170 valence electrons. The van der Waals surface area contributed by atoms with E-state index in [0.29, 0.717) is 29.7 Å². The number of amides is 1. The second-order valence-electron chi connectivity index (χ2n) is 10.6. The third-order valence-electron chi connectivity index (χ3n) is 8.50. The molecule has 0 radical (unpaired) electrons. The molecule has 1 aromatic rings. The van der Waals surface area contributed by atoms with E-state index >= 15 is 0 Å². The van der Waals surface area contributed by atoms with E-state index in [1.165, 1.54) is 22.4 Å². The number of nitrogens with one attached hydrogen (secondary N) is 1. The number of anilines is 1. The number of hydrogen-bond donors (Lipinski definition) is 1. The molecule has 2 heterocycles. The van der Waals surface area contributed by atoms with Crippen LogP contribution in [0, 0.1) is 17.8 Å². The van der Waals surface area contributed by atoms with E-state index in [2.05, 4.69) is 88.0 Å². The summed E-state index contributed by atoms with van der Waals surface area (Å²) in [4.78, 5) is 18.5. The zero-order chi connectivity index (χ0) is 22.4. The summed E-state index contributed by atoms with van der Waals surface area (Å²) in [6.45, 7) is 15.3. The quantitative estimate of drug-likeness (QED) is 0.681. The van der Waals surface area contributed by atoms with Gasteiger partial charge in [-0.3, -0.25) is 9.69 Å². The maximum atomic E-state index is 13.9. The maximum absolute atomic E-state index is 13.9. The van der Waals surface area contributed by atoms with Gasteiger partial charge in [-0.2, -0.15) is 0 Å². The van der Waals surface area contributed by atoms with Crippen molar-refractivity contribution in [3.05, 3.63) is 35.4 Å². The Hall–Kier alpha value is -1.81. The molecule has 4 nitrogen and oxygen atoms in total. The van der Waals surface area contributed by atoms with Gasteiger partial charge in [0.25, 0.3) is 0 Å². The van der Waals surface area contributed by atoms with Crippen LogP contribution in [0.3, 0.4) is 0 Å². The van der Waals surface area contributed by atoms with Gasteiger partial charge in [-0.1, -0.05) is 45.4 Å². The Morgan fingerprint density at radius 1 is 1.23 bits per heavy atom. The molecule has 6 atom stereocenters. The molecule has 31 heavy (non-hydrogen) atoms. The van der Waals surface area contributed by atoms with Gasteiger partial charge in [-0.25, -0.2) is 0 Å². The molecule has 1 aromatic carbocycles. The lowest BCUT2D eigenvalue weighted by Gasteiger charge is -2.45. The smallest absolute Gasteiger partial charge is 0.231 e. The molecule has 1 aliphatic carbocycles. The molecule has 1 N–H and O–H groups in total. The fourth-order valence-corrected chi connectivity index (χ4v) is 6.22. The lowest BCUT2D eigenvalue weighted by Crippen LogP contribution is -2.53. The van der Waals surface area contributed by atoms with Crippen molar-refractivity contribution in [1.29, 1.82) is 0 Å². The standard InChI is InChI=1S/C27H41N3O/c1-8-17(4)18(5)19(6)30(16(2)3)27(31)21-12-23-22-10-9-11-24-26(22)20(14-28-24)13-25(23)29(7)15-21/h9-12,16-21,25,28H,8,13-15H2,1-7H3/t17?,18?,19?,20?,21-,25-/m1/s1. The minimum atomic E-state index is -0.0769. The third-order valence-corrected chi connectivity index (χ3v) is 8.50. The zero-order valence-corrected chi connectivity index (χ0v) is 20.5. The predicted molar refractivity (Wildman–Crippen MR) is 130 cm³/mol. The van der Waals surface area contributed by atoms with E-state index < -0.39 is 0 Å². The Bertz CT molecular complexity index is 860. The van der Waals surface area contributed by atoms with Crippen molar-refractivity contribution in [2.75, 3.05) is 25.5 Å². The average Bonchev–Trinajstić information content (AvgIpc) is 3.17. The molecule has 0 bridgehead atoms. The summed E-state index contributed by atoms with van der Waals surface area (Å²) >= 11 is 0. The predicted octanol–water partition coefficient (Wildman–Crippen LogP) is 5.22. The minimum Gasteiger partial charge on any atom is -0.384 e. The van der Waals surface area contributed by atoms with Crippen LogP contribution in [-0.4, -0.2) is 54.0 Å². The van der Waals surface area contributed by atoms with Crippen molar-refractivity contribution in [2.45, 2.75) is 78.4 Å². The van der Waals surface area contributed by atoms with Crippen molar-refractivity contribution < 1.29 is 4.79 Å². The van der Waals surface area contributed by atoms with E-state index in [4.69, 9.17) is 0 Å². The highest BCUT2D eigenvalue weighted by atomic mass is 16.2. The SMILES string of the molecule is CCC(C)C(C)C(C)N(C(=O)[C@@H]1C=C2c3cccc4c3C(CN4)C[C@H]2N(C)C1)C(C)C. The first-order valence-corrected chi connectivity index (χ1v) is 12.4. The van der Waals surface area contributed by atoms with Gasteiger partial charge < -0.3 is 10.2 Å². The number of benzene rings is 1. The molecule has 0 saturated heterocycles. The lowest BCUT2D eigenvalue weighted by molar-refractivity contribution is -0.140. The van der Waals surface area contributed by atoms with E-state index in [-0.39, 0.29) is 18.0 Å². The summed E-state index contributed by atoms with van der Waals surface area (Å²) in [5.41, 5.74) is 5.50. The number of likely N-dealkylation sites (N-methyl/N-ethyl adjacent to an activating group) is 1. The lowest BCUT2D eigenvalue weighted by atomic mass is 9.74. The summed E-state index contributed by atoms with van der Waals surface area (Å²) in [5, 5.41) is 3.60. The van der Waals surface area contributed by atoms with Crippen LogP contribution in [0.15, 0.2) is 24.3 Å². The highest BCUT2D eigenvalue weighted by molar-refractivity contribution is 5.88. The van der Waals surface area contributed by atoms with Gasteiger partial charge in [0.05, 0.1) is 5.92 Å². The van der Waals surface area contributed by atoms with E-state index in [0.717, 1.165) is 25.9 Å². The van der Waals surface area contributed by atoms with Crippen LogP contribution in [0.4, 0.5) is 5.69 Å². The fourth-order valence-electron chi connectivity index (χ4n) is 6.22. The first-order chi connectivity index (χ1) is 14.7. The fraction of sp³-hybridized carbons (Fsp3) is 0.667. The first kappa shape index (κ1) is 22.4. The Balaban J connectivity index is 1.67. The molecular formula is C27H41N3O. The Morgan fingerprint density at radius 2 is 1.97 bits per heavy atom. The Morgan fingerprint density at radius 3 is 2.65 bits per heavy atom. The number of fused-ring (bicyclic) bond motifs is 2. The summed E-state index contributed by atoms with van der Waals surface area (Å²) < 4.78 is 0. The van der Waals surface area contributed by atoms with Gasteiger partial charge in [-0.15, -0.1) is 0 Å². The molecule has 0 spiro atoms. The van der Waals surface area contributed by atoms with E-state index in [1.54, 1.807) is 0 Å². The monoisotopic (exact) mass is 423 g/mol. The van der Waals surface area contributed by atoms with Gasteiger partial charge in [-0.05, 0) is 68.8 Å². The number of carbonyl (C=O) groups is 1. The minimum absolute atomic E-state index is 0.0769. The normalized spacial score (nSPS) is 27.6. The second kappa shape index (κ2) is 8.61. The van der Waals surface area contributed by atoms with E-state index in [1.807, 2.05) is 0 Å². The Kier molecular flexibility index (Phi) is 6.22. The molecule has 4 unspecified atom stereocenters. The van der Waals surface area contributed by atoms with Crippen molar-refractivity contribution >= 4 is 17.2 Å². The number of rotatable bonds is 6. The van der Waals surface area contributed by atoms with Crippen molar-refractivity contribution in [1.82, 2.24) is 9.80 Å². The number of nitrogens with zero attached hydrogens (tertiary/aromatic N) is 2. The van der Waals surface area contributed by atoms with Crippen LogP contribution < -0.4 is 5.32 Å². The average molecular weight is 424 g/mol. The molecule has 3 aliphatic rings. The number of hydrogen-bond acceptors (Lipinski definition) is 3. The molecule has 0 saturated carbocycles. The second-order valence-corrected chi connectivity index (χ2v) is 10.6. The van der Waals surface area contributed by atoms with Crippen molar-refractivity contribution in [3.63, 3.8) is 0 Å². The largest absolute Gasteiger partial charge is 0.384 e. The molecule has 4 rings (SSSR count). The van der Waals surface area contributed by atoms with Gasteiger partial charge in [0.1, 0.15) is 0 Å². The maximum Gasteiger partial charge on any atom is 0.231 e. The van der Waals surface area contributed by atoms with Crippen molar-refractivity contribution in [3.8, 4) is 0 Å². The molecule has 0 fully saturated rings. The summed E-state index contributed by atoms with van der Waals surface area (Å²) in [6.07, 6.45) is 4.63. The molecular weight excluding hydrogens is 382 g/mol. The molecule has 4 heteroatoms. The van der Waals surface area contributed by atoms with E-state index in [9.17, 15) is 4.79 Å². The van der Waals surface area contributed by atoms with Gasteiger partial charge >= 0.3 is 0 Å².